The van der Waals surface area contributed by atoms with Crippen LogP contribution in [0.1, 0.15) is 19.8 Å². The molecule has 0 aliphatic rings. The number of aromatic nitrogens is 1. The van der Waals surface area contributed by atoms with E-state index in [4.69, 9.17) is 10.2 Å². The third-order valence-electron chi connectivity index (χ3n) is 2.78. The Balaban J connectivity index is 2.30. The van der Waals surface area contributed by atoms with Gasteiger partial charge in [0.25, 0.3) is 0 Å². The molecule has 17 heavy (non-hydrogen) atoms. The molecule has 2 rings (SSSR count). The SMILES string of the molecule is CCCN(CCCN)c1nccc2occc12. The number of fused-ring (bicyclic) bond motifs is 1. The molecule has 0 bridgehead atoms. The largest absolute Gasteiger partial charge is 0.464 e. The van der Waals surface area contributed by atoms with Gasteiger partial charge in [-0.25, -0.2) is 4.98 Å². The molecule has 0 aromatic carbocycles. The summed E-state index contributed by atoms with van der Waals surface area (Å²) < 4.78 is 5.40. The van der Waals surface area contributed by atoms with Crippen molar-refractivity contribution in [1.82, 2.24) is 4.98 Å². The van der Waals surface area contributed by atoms with Crippen molar-refractivity contribution >= 4 is 16.8 Å². The normalized spacial score (nSPS) is 10.9. The molecule has 0 aliphatic carbocycles. The first kappa shape index (κ1) is 11.9. The van der Waals surface area contributed by atoms with E-state index >= 15 is 0 Å². The molecular formula is C13H19N3O. The topological polar surface area (TPSA) is 55.3 Å². The van der Waals surface area contributed by atoms with E-state index in [2.05, 4.69) is 16.8 Å². The molecule has 0 saturated heterocycles. The zero-order valence-electron chi connectivity index (χ0n) is 10.2. The van der Waals surface area contributed by atoms with E-state index in [1.807, 2.05) is 12.1 Å². The summed E-state index contributed by atoms with van der Waals surface area (Å²) >= 11 is 0. The number of pyridine rings is 1. The fourth-order valence-electron chi connectivity index (χ4n) is 2.01. The van der Waals surface area contributed by atoms with E-state index in [1.165, 1.54) is 0 Å². The van der Waals surface area contributed by atoms with Gasteiger partial charge < -0.3 is 15.1 Å². The molecule has 0 atom stereocenters. The summed E-state index contributed by atoms with van der Waals surface area (Å²) in [5.74, 6) is 1.01. The van der Waals surface area contributed by atoms with Crippen molar-refractivity contribution < 1.29 is 4.42 Å². The quantitative estimate of drug-likeness (QED) is 0.832. The van der Waals surface area contributed by atoms with E-state index in [0.29, 0.717) is 6.54 Å². The molecule has 0 fully saturated rings. The molecule has 0 aliphatic heterocycles. The van der Waals surface area contributed by atoms with E-state index < -0.39 is 0 Å². The smallest absolute Gasteiger partial charge is 0.139 e. The molecule has 0 unspecified atom stereocenters. The molecular weight excluding hydrogens is 214 g/mol. The Morgan fingerprint density at radius 2 is 2.24 bits per heavy atom. The van der Waals surface area contributed by atoms with Gasteiger partial charge in [-0.2, -0.15) is 0 Å². The Morgan fingerprint density at radius 1 is 1.35 bits per heavy atom. The first-order chi connectivity index (χ1) is 8.36. The summed E-state index contributed by atoms with van der Waals surface area (Å²) in [6.45, 7) is 4.82. The lowest BCUT2D eigenvalue weighted by Crippen LogP contribution is -2.27. The number of hydrogen-bond donors (Lipinski definition) is 1. The van der Waals surface area contributed by atoms with Crippen LogP contribution < -0.4 is 10.6 Å². The molecule has 2 heterocycles. The zero-order valence-corrected chi connectivity index (χ0v) is 10.2. The number of hydrogen-bond acceptors (Lipinski definition) is 4. The number of furan rings is 1. The van der Waals surface area contributed by atoms with Gasteiger partial charge in [0, 0.05) is 19.3 Å². The van der Waals surface area contributed by atoms with Crippen LogP contribution in [0.3, 0.4) is 0 Å². The van der Waals surface area contributed by atoms with Gasteiger partial charge in [0.15, 0.2) is 0 Å². The third-order valence-corrected chi connectivity index (χ3v) is 2.78. The maximum atomic E-state index is 5.58. The van der Waals surface area contributed by atoms with E-state index in [1.54, 1.807) is 12.5 Å². The minimum atomic E-state index is 0.710. The monoisotopic (exact) mass is 233 g/mol. The van der Waals surface area contributed by atoms with Crippen LogP contribution in [-0.4, -0.2) is 24.6 Å². The average Bonchev–Trinajstić information content (AvgIpc) is 2.82. The Kier molecular flexibility index (Phi) is 3.98. The Labute approximate surface area is 101 Å². The summed E-state index contributed by atoms with van der Waals surface area (Å²) in [6.07, 6.45) is 5.59. The second kappa shape index (κ2) is 5.68. The molecule has 4 heteroatoms. The maximum absolute atomic E-state index is 5.58. The number of nitrogens with two attached hydrogens (primary N) is 1. The van der Waals surface area contributed by atoms with Gasteiger partial charge >= 0.3 is 0 Å². The van der Waals surface area contributed by atoms with Crippen LogP contribution in [0.5, 0.6) is 0 Å². The highest BCUT2D eigenvalue weighted by Gasteiger charge is 2.11. The first-order valence-corrected chi connectivity index (χ1v) is 6.14. The summed E-state index contributed by atoms with van der Waals surface area (Å²) in [5.41, 5.74) is 6.47. The molecule has 2 aromatic heterocycles. The lowest BCUT2D eigenvalue weighted by molar-refractivity contribution is 0.615. The molecule has 2 aromatic rings. The standard InChI is InChI=1S/C13H19N3O/c1-2-8-16(9-3-6-14)13-11-5-10-17-12(11)4-7-15-13/h4-5,7,10H,2-3,6,8-9,14H2,1H3. The Morgan fingerprint density at radius 3 is 3.00 bits per heavy atom. The second-order valence-electron chi connectivity index (χ2n) is 4.10. The molecule has 4 nitrogen and oxygen atoms in total. The molecule has 0 amide bonds. The van der Waals surface area contributed by atoms with Crippen LogP contribution in [0.4, 0.5) is 5.82 Å². The lowest BCUT2D eigenvalue weighted by atomic mass is 10.2. The fourth-order valence-corrected chi connectivity index (χ4v) is 2.01. The minimum absolute atomic E-state index is 0.710. The van der Waals surface area contributed by atoms with Gasteiger partial charge in [-0.1, -0.05) is 6.92 Å². The van der Waals surface area contributed by atoms with Gasteiger partial charge in [-0.05, 0) is 31.5 Å². The van der Waals surface area contributed by atoms with Crippen LogP contribution in [0.2, 0.25) is 0 Å². The maximum Gasteiger partial charge on any atom is 0.139 e. The van der Waals surface area contributed by atoms with Crippen LogP contribution in [0.25, 0.3) is 11.0 Å². The van der Waals surface area contributed by atoms with Crippen molar-refractivity contribution in [3.8, 4) is 0 Å². The molecule has 0 radical (unpaired) electrons. The van der Waals surface area contributed by atoms with Crippen LogP contribution >= 0.6 is 0 Å². The van der Waals surface area contributed by atoms with Crippen molar-refractivity contribution in [1.29, 1.82) is 0 Å². The van der Waals surface area contributed by atoms with Gasteiger partial charge in [-0.15, -0.1) is 0 Å². The number of nitrogens with zero attached hydrogens (tertiary/aromatic N) is 2. The van der Waals surface area contributed by atoms with E-state index in [9.17, 15) is 0 Å². The molecule has 0 saturated carbocycles. The highest BCUT2D eigenvalue weighted by molar-refractivity contribution is 5.88. The minimum Gasteiger partial charge on any atom is -0.464 e. The Bertz CT molecular complexity index is 466. The van der Waals surface area contributed by atoms with Gasteiger partial charge in [0.2, 0.25) is 0 Å². The first-order valence-electron chi connectivity index (χ1n) is 6.14. The van der Waals surface area contributed by atoms with Crippen molar-refractivity contribution in [2.75, 3.05) is 24.5 Å². The lowest BCUT2D eigenvalue weighted by Gasteiger charge is -2.23. The summed E-state index contributed by atoms with van der Waals surface area (Å²) in [7, 11) is 0. The Hall–Kier alpha value is -1.55. The van der Waals surface area contributed by atoms with Crippen LogP contribution in [0, 0.1) is 0 Å². The van der Waals surface area contributed by atoms with Crippen molar-refractivity contribution in [3.63, 3.8) is 0 Å². The highest BCUT2D eigenvalue weighted by Crippen LogP contribution is 2.25. The summed E-state index contributed by atoms with van der Waals surface area (Å²) in [5, 5.41) is 1.08. The average molecular weight is 233 g/mol. The van der Waals surface area contributed by atoms with E-state index in [0.717, 1.165) is 42.7 Å². The van der Waals surface area contributed by atoms with Crippen LogP contribution in [-0.2, 0) is 0 Å². The predicted octanol–water partition coefficient (Wildman–Crippen LogP) is 2.39. The highest BCUT2D eigenvalue weighted by atomic mass is 16.3. The summed E-state index contributed by atoms with van der Waals surface area (Å²) in [6, 6.07) is 3.87. The van der Waals surface area contributed by atoms with Crippen molar-refractivity contribution in [2.24, 2.45) is 5.73 Å². The second-order valence-corrected chi connectivity index (χ2v) is 4.10. The van der Waals surface area contributed by atoms with Gasteiger partial charge in [0.1, 0.15) is 11.4 Å². The number of anilines is 1. The zero-order chi connectivity index (χ0) is 12.1. The predicted molar refractivity (Wildman–Crippen MR) is 70.2 cm³/mol. The third kappa shape index (κ3) is 2.58. The van der Waals surface area contributed by atoms with Gasteiger partial charge in [-0.3, -0.25) is 0 Å². The molecule has 92 valence electrons. The van der Waals surface area contributed by atoms with Crippen LogP contribution in [0.15, 0.2) is 29.0 Å². The fraction of sp³-hybridized carbons (Fsp3) is 0.462. The van der Waals surface area contributed by atoms with Crippen molar-refractivity contribution in [2.45, 2.75) is 19.8 Å². The van der Waals surface area contributed by atoms with Crippen molar-refractivity contribution in [3.05, 3.63) is 24.6 Å². The molecule has 0 spiro atoms. The van der Waals surface area contributed by atoms with Gasteiger partial charge in [0.05, 0.1) is 11.6 Å². The summed E-state index contributed by atoms with van der Waals surface area (Å²) in [4.78, 5) is 6.76. The van der Waals surface area contributed by atoms with E-state index in [-0.39, 0.29) is 0 Å². The molecule has 2 N–H and O–H groups in total. The number of rotatable bonds is 6.